The molecule has 0 bridgehead atoms. The minimum atomic E-state index is -0.786. The lowest BCUT2D eigenvalue weighted by Crippen LogP contribution is -1.96. The summed E-state index contributed by atoms with van der Waals surface area (Å²) in [4.78, 5) is 7.14. The number of hydrogen-bond donors (Lipinski definition) is 0. The Morgan fingerprint density at radius 3 is 2.82 bits per heavy atom. The first kappa shape index (κ1) is 11.8. The third-order valence-electron chi connectivity index (χ3n) is 2.28. The van der Waals surface area contributed by atoms with E-state index in [0.717, 1.165) is 18.3 Å². The average Bonchev–Trinajstić information content (AvgIpc) is 2.35. The molecule has 0 fully saturated rings. The number of aryl methyl sites for hydroxylation is 1. The quantitative estimate of drug-likeness (QED) is 0.783. The highest BCUT2D eigenvalue weighted by Crippen LogP contribution is 2.29. The van der Waals surface area contributed by atoms with Crippen molar-refractivity contribution in [3.63, 3.8) is 0 Å². The summed E-state index contributed by atoms with van der Waals surface area (Å²) < 4.78 is 18.6. The van der Waals surface area contributed by atoms with Gasteiger partial charge in [0.1, 0.15) is 12.1 Å². The Labute approximate surface area is 103 Å². The van der Waals surface area contributed by atoms with Crippen LogP contribution in [0.4, 0.5) is 4.39 Å². The molecule has 5 heteroatoms. The zero-order valence-electron chi connectivity index (χ0n) is 9.15. The van der Waals surface area contributed by atoms with Crippen LogP contribution in [0.5, 0.6) is 11.6 Å². The Hall–Kier alpha value is -1.68. The molecule has 3 nitrogen and oxygen atoms in total. The average molecular weight is 253 g/mol. The minimum Gasteiger partial charge on any atom is -0.437 e. The summed E-state index contributed by atoms with van der Waals surface area (Å²) in [6, 6.07) is 7.46. The topological polar surface area (TPSA) is 35.0 Å². The van der Waals surface area contributed by atoms with Crippen molar-refractivity contribution in [3.8, 4) is 11.6 Å². The molecular formula is C12H10ClFN2O. The van der Waals surface area contributed by atoms with E-state index in [1.807, 2.05) is 25.1 Å². The van der Waals surface area contributed by atoms with Crippen molar-refractivity contribution in [2.45, 2.75) is 13.3 Å². The van der Waals surface area contributed by atoms with Crippen LogP contribution < -0.4 is 4.74 Å². The summed E-state index contributed by atoms with van der Waals surface area (Å²) in [5, 5.41) is -0.210. The van der Waals surface area contributed by atoms with Gasteiger partial charge in [-0.2, -0.15) is 9.37 Å². The van der Waals surface area contributed by atoms with Gasteiger partial charge in [-0.1, -0.05) is 36.7 Å². The smallest absolute Gasteiger partial charge is 0.244 e. The van der Waals surface area contributed by atoms with Crippen LogP contribution in [0, 0.1) is 5.95 Å². The molecule has 0 amide bonds. The van der Waals surface area contributed by atoms with Crippen molar-refractivity contribution in [1.82, 2.24) is 9.97 Å². The fourth-order valence-electron chi connectivity index (χ4n) is 1.40. The molecule has 0 saturated heterocycles. The highest BCUT2D eigenvalue weighted by molar-refractivity contribution is 6.31. The number of hydrogen-bond acceptors (Lipinski definition) is 3. The first-order chi connectivity index (χ1) is 8.22. The molecular weight excluding hydrogens is 243 g/mol. The maximum absolute atomic E-state index is 13.1. The number of ether oxygens (including phenoxy) is 1. The van der Waals surface area contributed by atoms with Crippen molar-refractivity contribution in [2.75, 3.05) is 0 Å². The minimum absolute atomic E-state index is 0.0278. The first-order valence-corrected chi connectivity index (χ1v) is 5.52. The third-order valence-corrected chi connectivity index (χ3v) is 2.59. The van der Waals surface area contributed by atoms with Crippen molar-refractivity contribution in [1.29, 1.82) is 0 Å². The van der Waals surface area contributed by atoms with Crippen LogP contribution in [0.25, 0.3) is 0 Å². The first-order valence-electron chi connectivity index (χ1n) is 5.14. The maximum Gasteiger partial charge on any atom is 0.244 e. The Kier molecular flexibility index (Phi) is 3.54. The molecule has 1 heterocycles. The molecule has 1 aromatic carbocycles. The zero-order chi connectivity index (χ0) is 12.3. The number of nitrogens with zero attached hydrogens (tertiary/aromatic N) is 2. The lowest BCUT2D eigenvalue weighted by Gasteiger charge is -2.09. The SMILES string of the molecule is CCc1ccccc1Oc1ncnc(F)c1Cl. The number of aromatic nitrogens is 2. The van der Waals surface area contributed by atoms with Crippen LogP contribution in [-0.4, -0.2) is 9.97 Å². The van der Waals surface area contributed by atoms with Gasteiger partial charge in [0.05, 0.1) is 0 Å². The van der Waals surface area contributed by atoms with Crippen LogP contribution in [0.1, 0.15) is 12.5 Å². The maximum atomic E-state index is 13.1. The van der Waals surface area contributed by atoms with Crippen LogP contribution in [-0.2, 0) is 6.42 Å². The van der Waals surface area contributed by atoms with Gasteiger partial charge in [-0.25, -0.2) is 4.98 Å². The van der Waals surface area contributed by atoms with Gasteiger partial charge in [0.2, 0.25) is 11.8 Å². The second-order valence-corrected chi connectivity index (χ2v) is 3.72. The predicted octanol–water partition coefficient (Wildman–Crippen LogP) is 3.62. The molecule has 88 valence electrons. The zero-order valence-corrected chi connectivity index (χ0v) is 9.91. The van der Waals surface area contributed by atoms with E-state index in [1.54, 1.807) is 6.07 Å². The third kappa shape index (κ3) is 2.53. The lowest BCUT2D eigenvalue weighted by atomic mass is 10.1. The predicted molar refractivity (Wildman–Crippen MR) is 62.9 cm³/mol. The monoisotopic (exact) mass is 252 g/mol. The number of halogens is 2. The van der Waals surface area contributed by atoms with Gasteiger partial charge < -0.3 is 4.74 Å². The number of para-hydroxylation sites is 1. The Bertz CT molecular complexity index is 534. The van der Waals surface area contributed by atoms with Gasteiger partial charge in [-0.3, -0.25) is 0 Å². The largest absolute Gasteiger partial charge is 0.437 e. The molecule has 0 radical (unpaired) electrons. The van der Waals surface area contributed by atoms with Gasteiger partial charge in [0, 0.05) is 0 Å². The van der Waals surface area contributed by atoms with E-state index < -0.39 is 5.95 Å². The fraction of sp³-hybridized carbons (Fsp3) is 0.167. The molecule has 0 N–H and O–H groups in total. The molecule has 0 aliphatic carbocycles. The number of benzene rings is 1. The summed E-state index contributed by atoms with van der Waals surface area (Å²) in [6.45, 7) is 2.00. The van der Waals surface area contributed by atoms with Crippen molar-refractivity contribution in [3.05, 3.63) is 47.1 Å². The molecule has 0 unspecified atom stereocenters. The molecule has 2 rings (SSSR count). The summed E-state index contributed by atoms with van der Waals surface area (Å²) in [5.41, 5.74) is 1.00. The molecule has 0 spiro atoms. The summed E-state index contributed by atoms with van der Waals surface area (Å²) >= 11 is 5.71. The second kappa shape index (κ2) is 5.10. The highest BCUT2D eigenvalue weighted by atomic mass is 35.5. The Morgan fingerprint density at radius 1 is 1.29 bits per heavy atom. The molecule has 17 heavy (non-hydrogen) atoms. The molecule has 0 aliphatic heterocycles. The Balaban J connectivity index is 2.35. The molecule has 1 aromatic heterocycles. The van der Waals surface area contributed by atoms with Gasteiger partial charge in [-0.15, -0.1) is 0 Å². The second-order valence-electron chi connectivity index (χ2n) is 3.35. The molecule has 0 aliphatic rings. The molecule has 0 saturated carbocycles. The van der Waals surface area contributed by atoms with E-state index >= 15 is 0 Å². The van der Waals surface area contributed by atoms with Crippen molar-refractivity contribution >= 4 is 11.6 Å². The van der Waals surface area contributed by atoms with Crippen molar-refractivity contribution in [2.24, 2.45) is 0 Å². The van der Waals surface area contributed by atoms with Gasteiger partial charge in [-0.05, 0) is 18.1 Å². The van der Waals surface area contributed by atoms with E-state index in [0.29, 0.717) is 5.75 Å². The van der Waals surface area contributed by atoms with E-state index in [1.165, 1.54) is 0 Å². The highest BCUT2D eigenvalue weighted by Gasteiger charge is 2.12. The lowest BCUT2D eigenvalue weighted by molar-refractivity contribution is 0.446. The normalized spacial score (nSPS) is 10.3. The van der Waals surface area contributed by atoms with Crippen LogP contribution in [0.3, 0.4) is 0 Å². The summed E-state index contributed by atoms with van der Waals surface area (Å²) in [6.07, 6.45) is 1.88. The standard InChI is InChI=1S/C12H10ClFN2O/c1-2-8-5-3-4-6-9(8)17-12-10(13)11(14)15-7-16-12/h3-7H,2H2,1H3. The van der Waals surface area contributed by atoms with E-state index in [4.69, 9.17) is 16.3 Å². The van der Waals surface area contributed by atoms with Crippen LogP contribution >= 0.6 is 11.6 Å². The summed E-state index contributed by atoms with van der Waals surface area (Å²) in [7, 11) is 0. The van der Waals surface area contributed by atoms with Crippen LogP contribution in [0.2, 0.25) is 5.02 Å². The fourth-order valence-corrected chi connectivity index (χ4v) is 1.54. The van der Waals surface area contributed by atoms with Gasteiger partial charge in [0.25, 0.3) is 0 Å². The van der Waals surface area contributed by atoms with Gasteiger partial charge in [0.15, 0.2) is 5.02 Å². The summed E-state index contributed by atoms with van der Waals surface area (Å²) in [5.74, 6) is -0.138. The van der Waals surface area contributed by atoms with E-state index in [9.17, 15) is 4.39 Å². The Morgan fingerprint density at radius 2 is 2.06 bits per heavy atom. The van der Waals surface area contributed by atoms with Crippen molar-refractivity contribution < 1.29 is 9.13 Å². The van der Waals surface area contributed by atoms with E-state index in [-0.39, 0.29) is 10.9 Å². The molecule has 2 aromatic rings. The van der Waals surface area contributed by atoms with Gasteiger partial charge >= 0.3 is 0 Å². The van der Waals surface area contributed by atoms with Crippen LogP contribution in [0.15, 0.2) is 30.6 Å². The number of rotatable bonds is 3. The van der Waals surface area contributed by atoms with E-state index in [2.05, 4.69) is 9.97 Å². The molecule has 0 atom stereocenters.